The van der Waals surface area contributed by atoms with Crippen LogP contribution < -0.4 is 10.2 Å². The highest BCUT2D eigenvalue weighted by Crippen LogP contribution is 2.26. The highest BCUT2D eigenvalue weighted by molar-refractivity contribution is 5.65. The lowest BCUT2D eigenvalue weighted by atomic mass is 9.98. The summed E-state index contributed by atoms with van der Waals surface area (Å²) in [6.07, 6.45) is 0.395. The van der Waals surface area contributed by atoms with Crippen LogP contribution in [0.15, 0.2) is 24.3 Å². The summed E-state index contributed by atoms with van der Waals surface area (Å²) >= 11 is 0. The van der Waals surface area contributed by atoms with Crippen molar-refractivity contribution in [1.82, 2.24) is 10.2 Å². The van der Waals surface area contributed by atoms with Gasteiger partial charge in [0.05, 0.1) is 0 Å². The van der Waals surface area contributed by atoms with E-state index in [1.54, 1.807) is 0 Å². The van der Waals surface area contributed by atoms with E-state index in [2.05, 4.69) is 34.5 Å². The number of hydrogen-bond acceptors (Lipinski definition) is 3. The van der Waals surface area contributed by atoms with E-state index in [9.17, 15) is 4.79 Å². The van der Waals surface area contributed by atoms with E-state index in [-0.39, 0.29) is 0 Å². The maximum Gasteiger partial charge on any atom is 0.407 e. The molecule has 2 aliphatic heterocycles. The predicted molar refractivity (Wildman–Crippen MR) is 78.5 cm³/mol. The minimum atomic E-state index is -0.810. The Morgan fingerprint density at radius 3 is 2.70 bits per heavy atom. The largest absolute Gasteiger partial charge is 0.465 e. The second-order valence-corrected chi connectivity index (χ2v) is 5.54. The highest BCUT2D eigenvalue weighted by Gasteiger charge is 2.22. The molecule has 1 aromatic carbocycles. The van der Waals surface area contributed by atoms with Gasteiger partial charge in [-0.25, -0.2) is 4.79 Å². The van der Waals surface area contributed by atoms with Crippen LogP contribution in [0.5, 0.6) is 0 Å². The van der Waals surface area contributed by atoms with Crippen LogP contribution in [0.1, 0.15) is 17.9 Å². The van der Waals surface area contributed by atoms with Crippen LogP contribution in [0, 0.1) is 0 Å². The number of anilines is 1. The summed E-state index contributed by atoms with van der Waals surface area (Å²) < 4.78 is 0. The number of benzene rings is 1. The van der Waals surface area contributed by atoms with E-state index >= 15 is 0 Å². The minimum absolute atomic E-state index is 0.588. The van der Waals surface area contributed by atoms with Gasteiger partial charge in [-0.1, -0.05) is 12.1 Å². The molecule has 5 nitrogen and oxygen atoms in total. The highest BCUT2D eigenvalue weighted by atomic mass is 16.4. The summed E-state index contributed by atoms with van der Waals surface area (Å²) in [5, 5.41) is 12.4. The first-order valence-corrected chi connectivity index (χ1v) is 7.27. The molecule has 2 fully saturated rings. The standard InChI is InChI=1S/C15H21N3O2/c19-15(20)18-8-6-17(7-9-18)14-3-1-2-12(10-14)13-4-5-16-11-13/h1-3,10,13,16H,4-9,11H2,(H,19,20)/t13-/m1/s1. The fourth-order valence-electron chi connectivity index (χ4n) is 3.07. The SMILES string of the molecule is O=C(O)N1CCN(c2cccc([C@@H]3CCNC3)c2)CC1. The third-order valence-electron chi connectivity index (χ3n) is 4.32. The quantitative estimate of drug-likeness (QED) is 0.860. The van der Waals surface area contributed by atoms with Gasteiger partial charge in [0.25, 0.3) is 0 Å². The summed E-state index contributed by atoms with van der Waals surface area (Å²) in [5.41, 5.74) is 2.62. The summed E-state index contributed by atoms with van der Waals surface area (Å²) in [7, 11) is 0. The van der Waals surface area contributed by atoms with Gasteiger partial charge in [-0.15, -0.1) is 0 Å². The van der Waals surface area contributed by atoms with Gasteiger partial charge >= 0.3 is 6.09 Å². The molecule has 2 N–H and O–H groups in total. The lowest BCUT2D eigenvalue weighted by Gasteiger charge is -2.35. The number of nitrogens with one attached hydrogen (secondary N) is 1. The van der Waals surface area contributed by atoms with E-state index < -0.39 is 6.09 Å². The molecule has 1 amide bonds. The molecule has 0 bridgehead atoms. The molecule has 1 aromatic rings. The van der Waals surface area contributed by atoms with Gasteiger partial charge in [0.15, 0.2) is 0 Å². The number of nitrogens with zero attached hydrogens (tertiary/aromatic N) is 2. The Bertz CT molecular complexity index is 478. The van der Waals surface area contributed by atoms with Crippen molar-refractivity contribution in [2.75, 3.05) is 44.2 Å². The molecule has 1 atom stereocenters. The number of piperazine rings is 1. The molecule has 2 aliphatic rings. The van der Waals surface area contributed by atoms with E-state index in [1.165, 1.54) is 22.6 Å². The van der Waals surface area contributed by atoms with Gasteiger partial charge in [0.2, 0.25) is 0 Å². The van der Waals surface area contributed by atoms with Gasteiger partial charge in [-0.2, -0.15) is 0 Å². The molecule has 0 saturated carbocycles. The first kappa shape index (κ1) is 13.2. The van der Waals surface area contributed by atoms with Crippen LogP contribution in [0.3, 0.4) is 0 Å². The topological polar surface area (TPSA) is 55.8 Å². The normalized spacial score (nSPS) is 23.1. The van der Waals surface area contributed by atoms with Crippen molar-refractivity contribution in [2.24, 2.45) is 0 Å². The monoisotopic (exact) mass is 275 g/mol. The molecule has 0 spiro atoms. The fraction of sp³-hybridized carbons (Fsp3) is 0.533. The lowest BCUT2D eigenvalue weighted by molar-refractivity contribution is 0.142. The van der Waals surface area contributed by atoms with Crippen molar-refractivity contribution in [2.45, 2.75) is 12.3 Å². The zero-order chi connectivity index (χ0) is 13.9. The van der Waals surface area contributed by atoms with Crippen LogP contribution in [0.25, 0.3) is 0 Å². The van der Waals surface area contributed by atoms with Crippen molar-refractivity contribution in [3.63, 3.8) is 0 Å². The second-order valence-electron chi connectivity index (χ2n) is 5.54. The molecule has 108 valence electrons. The molecule has 2 heterocycles. The fourth-order valence-corrected chi connectivity index (χ4v) is 3.07. The lowest BCUT2D eigenvalue weighted by Crippen LogP contribution is -2.48. The van der Waals surface area contributed by atoms with Crippen molar-refractivity contribution >= 4 is 11.8 Å². The average molecular weight is 275 g/mol. The van der Waals surface area contributed by atoms with Crippen molar-refractivity contribution in [3.05, 3.63) is 29.8 Å². The van der Waals surface area contributed by atoms with Gasteiger partial charge in [0.1, 0.15) is 0 Å². The van der Waals surface area contributed by atoms with E-state index in [0.717, 1.165) is 26.2 Å². The van der Waals surface area contributed by atoms with Crippen molar-refractivity contribution < 1.29 is 9.90 Å². The van der Waals surface area contributed by atoms with E-state index in [1.807, 2.05) is 0 Å². The Kier molecular flexibility index (Phi) is 3.78. The zero-order valence-electron chi connectivity index (χ0n) is 11.6. The maximum absolute atomic E-state index is 10.9. The number of amides is 1. The molecule has 5 heteroatoms. The average Bonchev–Trinajstić information content (AvgIpc) is 3.02. The van der Waals surface area contributed by atoms with Crippen LogP contribution in [-0.4, -0.2) is 55.4 Å². The molecule has 2 saturated heterocycles. The van der Waals surface area contributed by atoms with Crippen LogP contribution in [0.2, 0.25) is 0 Å². The smallest absolute Gasteiger partial charge is 0.407 e. The van der Waals surface area contributed by atoms with Gasteiger partial charge in [-0.05, 0) is 36.6 Å². The summed E-state index contributed by atoms with van der Waals surface area (Å²) in [6.45, 7) is 4.90. The third-order valence-corrected chi connectivity index (χ3v) is 4.32. The van der Waals surface area contributed by atoms with Crippen LogP contribution >= 0.6 is 0 Å². The summed E-state index contributed by atoms with van der Waals surface area (Å²) in [5.74, 6) is 0.621. The van der Waals surface area contributed by atoms with Crippen molar-refractivity contribution in [3.8, 4) is 0 Å². The number of carboxylic acid groups (broad SMARTS) is 1. The predicted octanol–water partition coefficient (Wildman–Crippen LogP) is 1.56. The molecular formula is C15H21N3O2. The number of carbonyl (C=O) groups is 1. The first-order chi connectivity index (χ1) is 9.74. The Balaban J connectivity index is 1.68. The number of rotatable bonds is 2. The summed E-state index contributed by atoms with van der Waals surface area (Å²) in [6, 6.07) is 8.72. The van der Waals surface area contributed by atoms with Crippen LogP contribution in [-0.2, 0) is 0 Å². The van der Waals surface area contributed by atoms with Gasteiger partial charge < -0.3 is 20.2 Å². The van der Waals surface area contributed by atoms with Gasteiger partial charge in [0, 0.05) is 38.4 Å². The molecule has 0 unspecified atom stereocenters. The summed E-state index contributed by atoms with van der Waals surface area (Å²) in [4.78, 5) is 14.7. The van der Waals surface area contributed by atoms with E-state index in [4.69, 9.17) is 5.11 Å². The van der Waals surface area contributed by atoms with Crippen LogP contribution in [0.4, 0.5) is 10.5 Å². The maximum atomic E-state index is 10.9. The Labute approximate surface area is 119 Å². The third kappa shape index (κ3) is 2.72. The molecule has 3 rings (SSSR count). The zero-order valence-corrected chi connectivity index (χ0v) is 11.6. The second kappa shape index (κ2) is 5.71. The molecular weight excluding hydrogens is 254 g/mol. The Morgan fingerprint density at radius 2 is 2.05 bits per heavy atom. The Hall–Kier alpha value is -1.75. The molecule has 0 radical (unpaired) electrons. The molecule has 0 aliphatic carbocycles. The van der Waals surface area contributed by atoms with Gasteiger partial charge in [-0.3, -0.25) is 0 Å². The Morgan fingerprint density at radius 1 is 1.25 bits per heavy atom. The first-order valence-electron chi connectivity index (χ1n) is 7.27. The van der Waals surface area contributed by atoms with E-state index in [0.29, 0.717) is 19.0 Å². The molecule has 20 heavy (non-hydrogen) atoms. The molecule has 0 aromatic heterocycles. The number of hydrogen-bond donors (Lipinski definition) is 2. The minimum Gasteiger partial charge on any atom is -0.465 e. The van der Waals surface area contributed by atoms with Crippen molar-refractivity contribution in [1.29, 1.82) is 0 Å².